The predicted octanol–water partition coefficient (Wildman–Crippen LogP) is 3.94. The Hall–Kier alpha value is -2.22. The largest absolute Gasteiger partial charge is 0.466 e. The Labute approximate surface area is 257 Å². The first-order valence-electron chi connectivity index (χ1n) is 15.3. The van der Waals surface area contributed by atoms with Gasteiger partial charge in [-0.1, -0.05) is 0 Å². The van der Waals surface area contributed by atoms with Gasteiger partial charge in [-0.05, 0) is 84.6 Å². The third kappa shape index (κ3) is 20.4. The first-order valence-corrected chi connectivity index (χ1v) is 15.3. The molecule has 0 bridgehead atoms. The molecule has 0 aromatic rings. The molecule has 1 fully saturated rings. The van der Waals surface area contributed by atoms with E-state index >= 15 is 0 Å². The third-order valence-electron chi connectivity index (χ3n) is 7.57. The van der Waals surface area contributed by atoms with Crippen molar-refractivity contribution in [2.24, 2.45) is 17.8 Å². The fourth-order valence-corrected chi connectivity index (χ4v) is 4.94. The highest BCUT2D eigenvalue weighted by Crippen LogP contribution is 2.26. The molecule has 0 aromatic heterocycles. The number of nitrogens with one attached hydrogen (secondary N) is 1. The molecule has 1 heterocycles. The van der Waals surface area contributed by atoms with Gasteiger partial charge in [0.2, 0.25) is 11.1 Å². The summed E-state index contributed by atoms with van der Waals surface area (Å²) in [6.07, 6.45) is 5.49. The number of aliphatic hydroxyl groups is 3. The summed E-state index contributed by atoms with van der Waals surface area (Å²) in [5.41, 5.74) is -1.83. The van der Waals surface area contributed by atoms with Crippen molar-refractivity contribution >= 4 is 11.8 Å². The van der Waals surface area contributed by atoms with Gasteiger partial charge in [-0.2, -0.15) is 0 Å². The Morgan fingerprint density at radius 2 is 1.51 bits per heavy atom. The summed E-state index contributed by atoms with van der Waals surface area (Å²) in [5, 5.41) is 51.1. The molecular formula is C30H59N3O10. The summed E-state index contributed by atoms with van der Waals surface area (Å²) in [4.78, 5) is 43.4. The van der Waals surface area contributed by atoms with Gasteiger partial charge in [0.1, 0.15) is 5.78 Å². The number of hydrogen-bond donors (Lipinski definition) is 4. The number of ether oxygens (including phenoxy) is 1. The monoisotopic (exact) mass is 621 g/mol. The number of Topliss-reactive ketones (excluding diaryl/α,β-unsaturated/α-hetero) is 1. The third-order valence-corrected chi connectivity index (χ3v) is 7.57. The predicted molar refractivity (Wildman–Crippen MR) is 165 cm³/mol. The molecule has 0 aromatic carbocycles. The molecule has 4 N–H and O–H groups in total. The van der Waals surface area contributed by atoms with Crippen molar-refractivity contribution in [2.75, 3.05) is 33.0 Å². The van der Waals surface area contributed by atoms with Gasteiger partial charge in [-0.15, -0.1) is 0 Å². The molecule has 1 rings (SSSR count). The van der Waals surface area contributed by atoms with E-state index in [1.54, 1.807) is 20.8 Å². The average Bonchev–Trinajstić information content (AvgIpc) is 3.26. The van der Waals surface area contributed by atoms with Crippen LogP contribution in [-0.4, -0.2) is 86.5 Å². The Morgan fingerprint density at radius 3 is 1.91 bits per heavy atom. The molecule has 3 atom stereocenters. The zero-order chi connectivity index (χ0) is 33.9. The summed E-state index contributed by atoms with van der Waals surface area (Å²) < 4.78 is 4.77. The van der Waals surface area contributed by atoms with E-state index in [0.29, 0.717) is 44.4 Å². The lowest BCUT2D eigenvalue weighted by molar-refractivity contribution is -0.563. The van der Waals surface area contributed by atoms with E-state index in [-0.39, 0.29) is 48.6 Å². The maximum absolute atomic E-state index is 11.4. The lowest BCUT2D eigenvalue weighted by Crippen LogP contribution is -2.35. The fourth-order valence-electron chi connectivity index (χ4n) is 4.94. The van der Waals surface area contributed by atoms with Crippen LogP contribution in [0.1, 0.15) is 113 Å². The van der Waals surface area contributed by atoms with Crippen LogP contribution in [0.5, 0.6) is 0 Å². The van der Waals surface area contributed by atoms with Crippen LogP contribution in [0.15, 0.2) is 0 Å². The van der Waals surface area contributed by atoms with E-state index in [2.05, 4.69) is 19.2 Å². The number of carbonyl (C=O) groups excluding carboxylic acids is 2. The van der Waals surface area contributed by atoms with E-state index in [1.807, 2.05) is 0 Å². The number of hydrogen-bond acceptors (Lipinski definition) is 11. The quantitative estimate of drug-likeness (QED) is 0.0980. The van der Waals surface area contributed by atoms with E-state index in [9.17, 15) is 29.8 Å². The van der Waals surface area contributed by atoms with Crippen LogP contribution >= 0.6 is 0 Å². The minimum Gasteiger partial charge on any atom is -0.466 e. The van der Waals surface area contributed by atoms with Gasteiger partial charge in [0.15, 0.2) is 0 Å². The minimum absolute atomic E-state index is 0.0583. The molecule has 1 aliphatic heterocycles. The van der Waals surface area contributed by atoms with Crippen LogP contribution in [0, 0.1) is 38.0 Å². The molecule has 0 spiro atoms. The van der Waals surface area contributed by atoms with Crippen molar-refractivity contribution in [1.82, 2.24) is 5.32 Å². The molecule has 0 saturated carbocycles. The molecule has 43 heavy (non-hydrogen) atoms. The molecule has 0 amide bonds. The van der Waals surface area contributed by atoms with Crippen molar-refractivity contribution in [3.8, 4) is 0 Å². The second-order valence-electron chi connectivity index (χ2n) is 13.3. The van der Waals surface area contributed by atoms with E-state index in [0.717, 1.165) is 18.9 Å². The number of nitrogens with zero attached hydrogens (tertiary/aromatic N) is 2. The molecule has 13 heteroatoms. The van der Waals surface area contributed by atoms with Gasteiger partial charge in [0.25, 0.3) is 0 Å². The van der Waals surface area contributed by atoms with Crippen molar-refractivity contribution in [3.63, 3.8) is 0 Å². The lowest BCUT2D eigenvalue weighted by atomic mass is 9.86. The highest BCUT2D eigenvalue weighted by molar-refractivity contribution is 5.79. The molecule has 1 aliphatic rings. The Balaban J connectivity index is 0. The SMILES string of the molecule is CC(C)(CC(CO)CCCO)[N+](=O)[O-].CC1(C)CC(CCCO)CN1.CCOC(=O)CCC(CC(C)(C)[N+](=O)[O-])C(C)=O. The van der Waals surface area contributed by atoms with Gasteiger partial charge >= 0.3 is 5.97 Å². The Bertz CT molecular complexity index is 833. The average molecular weight is 622 g/mol. The van der Waals surface area contributed by atoms with Crippen molar-refractivity contribution in [1.29, 1.82) is 0 Å². The maximum atomic E-state index is 11.4. The van der Waals surface area contributed by atoms with Crippen molar-refractivity contribution in [3.05, 3.63) is 20.2 Å². The Morgan fingerprint density at radius 1 is 0.977 bits per heavy atom. The minimum atomic E-state index is -1.16. The fraction of sp³-hybridized carbons (Fsp3) is 0.933. The molecular weight excluding hydrogens is 562 g/mol. The zero-order valence-corrected chi connectivity index (χ0v) is 27.7. The summed E-state index contributed by atoms with van der Waals surface area (Å²) in [5.74, 6) is -0.286. The van der Waals surface area contributed by atoms with Crippen molar-refractivity contribution in [2.45, 2.75) is 130 Å². The normalized spacial score (nSPS) is 17.4. The van der Waals surface area contributed by atoms with Crippen LogP contribution in [-0.2, 0) is 14.3 Å². The van der Waals surface area contributed by atoms with Gasteiger partial charge in [0.05, 0.1) is 6.61 Å². The van der Waals surface area contributed by atoms with Crippen molar-refractivity contribution < 1.29 is 39.5 Å². The van der Waals surface area contributed by atoms with E-state index in [4.69, 9.17) is 20.1 Å². The van der Waals surface area contributed by atoms with Gasteiger partial charge in [-0.3, -0.25) is 29.8 Å². The van der Waals surface area contributed by atoms with Crippen LogP contribution in [0.2, 0.25) is 0 Å². The number of nitro groups is 2. The zero-order valence-electron chi connectivity index (χ0n) is 27.7. The number of carbonyl (C=O) groups is 2. The number of ketones is 1. The maximum Gasteiger partial charge on any atom is 0.305 e. The highest BCUT2D eigenvalue weighted by atomic mass is 16.6. The number of rotatable bonds is 18. The first kappa shape index (κ1) is 42.9. The van der Waals surface area contributed by atoms with Gasteiger partial charge in [-0.25, -0.2) is 0 Å². The number of aliphatic hydroxyl groups excluding tert-OH is 3. The molecule has 254 valence electrons. The lowest BCUT2D eigenvalue weighted by Gasteiger charge is -2.21. The van der Waals surface area contributed by atoms with Crippen LogP contribution in [0.4, 0.5) is 0 Å². The molecule has 0 aliphatic carbocycles. The first-order chi connectivity index (χ1) is 19.8. The number of esters is 1. The highest BCUT2D eigenvalue weighted by Gasteiger charge is 2.36. The summed E-state index contributed by atoms with van der Waals surface area (Å²) in [6, 6.07) is 0. The van der Waals surface area contributed by atoms with E-state index < -0.39 is 21.9 Å². The van der Waals surface area contributed by atoms with E-state index in [1.165, 1.54) is 33.6 Å². The van der Waals surface area contributed by atoms with Crippen LogP contribution in [0.3, 0.4) is 0 Å². The standard InChI is InChI=1S/C12H21NO5.C9H19NO4.C9H19NO/c1-5-18-11(15)7-6-10(9(2)14)8-12(3,4)13(16)17;1-9(2,10(13)14)6-8(7-12)4-3-5-11;1-9(2)6-8(7-10-9)4-3-5-11/h10H,5-8H2,1-4H3;8,11-12H,3-7H2,1-2H3;8,10-11H,3-7H2,1-2H3. The molecule has 0 radical (unpaired) electrons. The summed E-state index contributed by atoms with van der Waals surface area (Å²) >= 11 is 0. The van der Waals surface area contributed by atoms with Gasteiger partial charge < -0.3 is 25.4 Å². The molecule has 13 nitrogen and oxygen atoms in total. The smallest absolute Gasteiger partial charge is 0.305 e. The molecule has 1 saturated heterocycles. The second kappa shape index (κ2) is 21.5. The summed E-state index contributed by atoms with van der Waals surface area (Å²) in [7, 11) is 0. The topological polar surface area (TPSA) is 202 Å². The van der Waals surface area contributed by atoms with Gasteiger partial charge in [0, 0.05) is 88.1 Å². The summed E-state index contributed by atoms with van der Waals surface area (Å²) in [6.45, 7) is 15.4. The Kier molecular flexibility index (Phi) is 21.4. The molecule has 3 unspecified atom stereocenters. The van der Waals surface area contributed by atoms with Crippen LogP contribution in [0.25, 0.3) is 0 Å². The van der Waals surface area contributed by atoms with Crippen LogP contribution < -0.4 is 5.32 Å². The second-order valence-corrected chi connectivity index (χ2v) is 13.3.